The highest BCUT2D eigenvalue weighted by Crippen LogP contribution is 2.57. The number of carbonyl (C=O) groups excluding carboxylic acids is 1. The fourth-order valence-corrected chi connectivity index (χ4v) is 2.72. The molecule has 0 spiro atoms. The van der Waals surface area contributed by atoms with Crippen LogP contribution in [0.2, 0.25) is 0 Å². The molecule has 1 amide bonds. The maximum absolute atomic E-state index is 12.2. The molecule has 2 N–H and O–H groups in total. The van der Waals surface area contributed by atoms with Crippen molar-refractivity contribution in [1.29, 1.82) is 0 Å². The van der Waals surface area contributed by atoms with E-state index in [1.54, 1.807) is 0 Å². The van der Waals surface area contributed by atoms with Gasteiger partial charge in [-0.05, 0) is 58.4 Å². The summed E-state index contributed by atoms with van der Waals surface area (Å²) in [6.45, 7) is 15.6. The molecule has 0 aliphatic heterocycles. The number of hydrogen-bond acceptors (Lipinski definition) is 3. The van der Waals surface area contributed by atoms with E-state index in [2.05, 4.69) is 13.8 Å². The Kier molecular flexibility index (Phi) is 4.55. The highest BCUT2D eigenvalue weighted by atomic mass is 16.6. The molecule has 0 aromatic carbocycles. The summed E-state index contributed by atoms with van der Waals surface area (Å²) < 4.78 is 5.48. The van der Waals surface area contributed by atoms with Crippen molar-refractivity contribution in [3.8, 4) is 0 Å². The summed E-state index contributed by atoms with van der Waals surface area (Å²) in [5, 5.41) is 0. The number of nitrogens with two attached hydrogens (primary N) is 1. The lowest BCUT2D eigenvalue weighted by molar-refractivity contribution is 0.0172. The van der Waals surface area contributed by atoms with E-state index in [1.807, 2.05) is 39.5 Å². The van der Waals surface area contributed by atoms with Gasteiger partial charge in [-0.25, -0.2) is 4.79 Å². The van der Waals surface area contributed by atoms with E-state index in [0.717, 1.165) is 6.54 Å². The Labute approximate surface area is 117 Å². The van der Waals surface area contributed by atoms with Crippen LogP contribution in [-0.4, -0.2) is 35.7 Å². The summed E-state index contributed by atoms with van der Waals surface area (Å²) in [6.07, 6.45) is -0.221. The molecule has 1 aliphatic rings. The Morgan fingerprint density at radius 2 is 1.84 bits per heavy atom. The highest BCUT2D eigenvalue weighted by molar-refractivity contribution is 5.68. The summed E-state index contributed by atoms with van der Waals surface area (Å²) in [6, 6.07) is 0.143. The molecule has 0 aromatic rings. The fraction of sp³-hybridized carbons (Fsp3) is 0.933. The van der Waals surface area contributed by atoms with Gasteiger partial charge in [0.05, 0.1) is 0 Å². The van der Waals surface area contributed by atoms with Crippen molar-refractivity contribution in [2.24, 2.45) is 23.0 Å². The molecule has 0 radical (unpaired) electrons. The second-order valence-electron chi connectivity index (χ2n) is 7.50. The summed E-state index contributed by atoms with van der Waals surface area (Å²) in [7, 11) is 0. The average Bonchev–Trinajstić information content (AvgIpc) is 2.72. The van der Waals surface area contributed by atoms with Crippen LogP contribution in [0.5, 0.6) is 0 Å². The zero-order chi connectivity index (χ0) is 15.0. The Hall–Kier alpha value is -0.770. The number of rotatable bonds is 4. The van der Waals surface area contributed by atoms with Gasteiger partial charge in [-0.15, -0.1) is 0 Å². The third-order valence-corrected chi connectivity index (χ3v) is 4.19. The maximum atomic E-state index is 12.2. The molecule has 1 saturated carbocycles. The van der Waals surface area contributed by atoms with Gasteiger partial charge in [0.2, 0.25) is 0 Å². The molecule has 0 bridgehead atoms. The minimum Gasteiger partial charge on any atom is -0.444 e. The van der Waals surface area contributed by atoms with Crippen LogP contribution in [0.15, 0.2) is 0 Å². The van der Waals surface area contributed by atoms with E-state index in [1.165, 1.54) is 0 Å². The molecule has 112 valence electrons. The van der Waals surface area contributed by atoms with Gasteiger partial charge >= 0.3 is 6.09 Å². The standard InChI is InChI=1S/C15H30N2O2/c1-10(2)17(13(18)19-14(3,4)5)9-12-11(8-16)15(12,6)7/h10-12H,8-9,16H2,1-7H3/t11-,12-/m0/s1. The number of hydrogen-bond donors (Lipinski definition) is 1. The first-order valence-electron chi connectivity index (χ1n) is 7.20. The van der Waals surface area contributed by atoms with E-state index in [4.69, 9.17) is 10.5 Å². The molecule has 0 saturated heterocycles. The third kappa shape index (κ3) is 3.85. The minimum atomic E-state index is -0.448. The normalized spacial score (nSPS) is 25.3. The first-order chi connectivity index (χ1) is 8.50. The van der Waals surface area contributed by atoms with Crippen LogP contribution in [0.1, 0.15) is 48.5 Å². The van der Waals surface area contributed by atoms with Crippen molar-refractivity contribution < 1.29 is 9.53 Å². The van der Waals surface area contributed by atoms with Crippen LogP contribution in [0.3, 0.4) is 0 Å². The molecule has 4 heteroatoms. The quantitative estimate of drug-likeness (QED) is 0.854. The van der Waals surface area contributed by atoms with Crippen LogP contribution in [-0.2, 0) is 4.74 Å². The number of carbonyl (C=O) groups is 1. The summed E-state index contributed by atoms with van der Waals surface area (Å²) >= 11 is 0. The molecule has 0 unspecified atom stereocenters. The van der Waals surface area contributed by atoms with E-state index in [-0.39, 0.29) is 17.6 Å². The molecular weight excluding hydrogens is 240 g/mol. The van der Waals surface area contributed by atoms with Crippen LogP contribution in [0.4, 0.5) is 4.79 Å². The van der Waals surface area contributed by atoms with Crippen molar-refractivity contribution in [1.82, 2.24) is 4.90 Å². The number of amides is 1. The molecule has 4 nitrogen and oxygen atoms in total. The SMILES string of the molecule is CC(C)N(C[C@H]1[C@H](CN)C1(C)C)C(=O)OC(C)(C)C. The van der Waals surface area contributed by atoms with Gasteiger partial charge < -0.3 is 15.4 Å². The predicted molar refractivity (Wildman–Crippen MR) is 77.9 cm³/mol. The first kappa shape index (κ1) is 16.3. The third-order valence-electron chi connectivity index (χ3n) is 4.19. The topological polar surface area (TPSA) is 55.6 Å². The van der Waals surface area contributed by atoms with Crippen molar-refractivity contribution in [2.45, 2.75) is 60.1 Å². The van der Waals surface area contributed by atoms with Gasteiger partial charge in [0.15, 0.2) is 0 Å². The van der Waals surface area contributed by atoms with Gasteiger partial charge in [-0.1, -0.05) is 13.8 Å². The summed E-state index contributed by atoms with van der Waals surface area (Å²) in [5.41, 5.74) is 5.59. The van der Waals surface area contributed by atoms with Crippen molar-refractivity contribution in [3.05, 3.63) is 0 Å². The van der Waals surface area contributed by atoms with E-state index in [9.17, 15) is 4.79 Å². The highest BCUT2D eigenvalue weighted by Gasteiger charge is 2.57. The lowest BCUT2D eigenvalue weighted by atomic mass is 10.1. The molecule has 1 fully saturated rings. The van der Waals surface area contributed by atoms with Crippen LogP contribution in [0, 0.1) is 17.3 Å². The second-order valence-corrected chi connectivity index (χ2v) is 7.50. The lowest BCUT2D eigenvalue weighted by Crippen LogP contribution is -2.42. The predicted octanol–water partition coefficient (Wildman–Crippen LogP) is 2.86. The molecule has 2 atom stereocenters. The largest absolute Gasteiger partial charge is 0.444 e. The van der Waals surface area contributed by atoms with Gasteiger partial charge in [-0.3, -0.25) is 0 Å². The van der Waals surface area contributed by atoms with E-state index >= 15 is 0 Å². The molecule has 19 heavy (non-hydrogen) atoms. The van der Waals surface area contributed by atoms with Gasteiger partial charge in [-0.2, -0.15) is 0 Å². The Bertz CT molecular complexity index is 332. The van der Waals surface area contributed by atoms with Crippen LogP contribution < -0.4 is 5.73 Å². The second kappa shape index (κ2) is 5.31. The monoisotopic (exact) mass is 270 g/mol. The van der Waals surface area contributed by atoms with Crippen LogP contribution in [0.25, 0.3) is 0 Å². The van der Waals surface area contributed by atoms with Gasteiger partial charge in [0.25, 0.3) is 0 Å². The fourth-order valence-electron chi connectivity index (χ4n) is 2.72. The van der Waals surface area contributed by atoms with Crippen LogP contribution >= 0.6 is 0 Å². The van der Waals surface area contributed by atoms with Crippen molar-refractivity contribution >= 4 is 6.09 Å². The molecular formula is C15H30N2O2. The summed E-state index contributed by atoms with van der Waals surface area (Å²) in [4.78, 5) is 14.1. The van der Waals surface area contributed by atoms with E-state index < -0.39 is 5.60 Å². The Morgan fingerprint density at radius 3 is 2.16 bits per heavy atom. The zero-order valence-corrected chi connectivity index (χ0v) is 13.5. The Morgan fingerprint density at radius 1 is 1.32 bits per heavy atom. The first-order valence-corrected chi connectivity index (χ1v) is 7.20. The van der Waals surface area contributed by atoms with Crippen molar-refractivity contribution in [3.63, 3.8) is 0 Å². The summed E-state index contributed by atoms with van der Waals surface area (Å²) in [5.74, 6) is 0.989. The van der Waals surface area contributed by atoms with Crippen molar-refractivity contribution in [2.75, 3.05) is 13.1 Å². The lowest BCUT2D eigenvalue weighted by Gasteiger charge is -2.30. The Balaban J connectivity index is 2.68. The minimum absolute atomic E-state index is 0.143. The molecule has 0 aromatic heterocycles. The molecule has 1 rings (SSSR count). The average molecular weight is 270 g/mol. The zero-order valence-electron chi connectivity index (χ0n) is 13.5. The number of nitrogens with zero attached hydrogens (tertiary/aromatic N) is 1. The smallest absolute Gasteiger partial charge is 0.410 e. The van der Waals surface area contributed by atoms with Gasteiger partial charge in [0.1, 0.15) is 5.60 Å². The van der Waals surface area contributed by atoms with E-state index in [0.29, 0.717) is 18.4 Å². The van der Waals surface area contributed by atoms with Gasteiger partial charge in [0, 0.05) is 12.6 Å². The number of ether oxygens (including phenoxy) is 1. The maximum Gasteiger partial charge on any atom is 0.410 e. The molecule has 0 heterocycles. The molecule has 1 aliphatic carbocycles.